The Kier molecular flexibility index (Phi) is 4.88. The summed E-state index contributed by atoms with van der Waals surface area (Å²) in [6.07, 6.45) is 6.56. The standard InChI is InChI=1S/C18H23NS/c1-2-6-16(7-3-1)17-8-4-5-9-18(17)19-12-10-15-11-13-20-14-15/h1-3,6-7,11,13-14,17-19H,4-5,8-10,12H2. The van der Waals surface area contributed by atoms with E-state index in [1.807, 2.05) is 0 Å². The van der Waals surface area contributed by atoms with Crippen molar-refractivity contribution < 1.29 is 0 Å². The molecule has 0 radical (unpaired) electrons. The average Bonchev–Trinajstić information content (AvgIpc) is 3.02. The Balaban J connectivity index is 1.58. The number of hydrogen-bond acceptors (Lipinski definition) is 2. The van der Waals surface area contributed by atoms with Crippen LogP contribution in [0.3, 0.4) is 0 Å². The van der Waals surface area contributed by atoms with Gasteiger partial charge in [-0.25, -0.2) is 0 Å². The summed E-state index contributed by atoms with van der Waals surface area (Å²) in [6.45, 7) is 1.10. The van der Waals surface area contributed by atoms with Gasteiger partial charge in [0.2, 0.25) is 0 Å². The van der Waals surface area contributed by atoms with Crippen molar-refractivity contribution in [3.05, 3.63) is 58.3 Å². The lowest BCUT2D eigenvalue weighted by Gasteiger charge is -2.33. The van der Waals surface area contributed by atoms with Crippen LogP contribution in [0.15, 0.2) is 47.2 Å². The van der Waals surface area contributed by atoms with E-state index in [9.17, 15) is 0 Å². The largest absolute Gasteiger partial charge is 0.313 e. The number of nitrogens with one attached hydrogen (secondary N) is 1. The van der Waals surface area contributed by atoms with Crippen molar-refractivity contribution in [1.29, 1.82) is 0 Å². The minimum absolute atomic E-state index is 0.657. The summed E-state index contributed by atoms with van der Waals surface area (Å²) in [5, 5.41) is 8.24. The van der Waals surface area contributed by atoms with Gasteiger partial charge in [-0.2, -0.15) is 11.3 Å². The third-order valence-corrected chi connectivity index (χ3v) is 5.13. The van der Waals surface area contributed by atoms with E-state index in [0.717, 1.165) is 13.0 Å². The molecule has 1 N–H and O–H groups in total. The SMILES string of the molecule is c1ccc(C2CCCCC2NCCc2ccsc2)cc1. The first-order valence-electron chi connectivity index (χ1n) is 7.73. The highest BCUT2D eigenvalue weighted by molar-refractivity contribution is 7.07. The summed E-state index contributed by atoms with van der Waals surface area (Å²) in [5.41, 5.74) is 2.98. The number of benzene rings is 1. The molecule has 1 aromatic carbocycles. The van der Waals surface area contributed by atoms with Crippen LogP contribution in [-0.2, 0) is 6.42 Å². The third kappa shape index (κ3) is 3.50. The van der Waals surface area contributed by atoms with E-state index in [1.54, 1.807) is 11.3 Å². The molecule has 2 atom stereocenters. The second-order valence-electron chi connectivity index (χ2n) is 5.74. The highest BCUT2D eigenvalue weighted by Gasteiger charge is 2.25. The zero-order valence-electron chi connectivity index (χ0n) is 11.9. The molecule has 2 heteroatoms. The molecule has 1 aromatic heterocycles. The fourth-order valence-electron chi connectivity index (χ4n) is 3.31. The van der Waals surface area contributed by atoms with Crippen molar-refractivity contribution in [3.63, 3.8) is 0 Å². The molecular weight excluding hydrogens is 262 g/mol. The van der Waals surface area contributed by atoms with E-state index in [0.29, 0.717) is 12.0 Å². The predicted molar refractivity (Wildman–Crippen MR) is 87.5 cm³/mol. The first-order chi connectivity index (χ1) is 9.93. The predicted octanol–water partition coefficient (Wildman–Crippen LogP) is 4.61. The topological polar surface area (TPSA) is 12.0 Å². The molecule has 20 heavy (non-hydrogen) atoms. The van der Waals surface area contributed by atoms with E-state index < -0.39 is 0 Å². The Bertz CT molecular complexity index is 491. The molecule has 1 fully saturated rings. The van der Waals surface area contributed by atoms with Gasteiger partial charge in [0.25, 0.3) is 0 Å². The monoisotopic (exact) mass is 285 g/mol. The molecule has 0 saturated heterocycles. The van der Waals surface area contributed by atoms with Crippen LogP contribution < -0.4 is 5.32 Å². The van der Waals surface area contributed by atoms with Crippen LogP contribution in [0.5, 0.6) is 0 Å². The summed E-state index contributed by atoms with van der Waals surface area (Å²) in [6, 6.07) is 13.9. The Hall–Kier alpha value is -1.12. The van der Waals surface area contributed by atoms with Gasteiger partial charge in [0, 0.05) is 6.04 Å². The van der Waals surface area contributed by atoms with Crippen LogP contribution in [0, 0.1) is 0 Å². The van der Waals surface area contributed by atoms with Gasteiger partial charge in [-0.05, 0) is 59.7 Å². The molecule has 1 aliphatic carbocycles. The molecule has 1 saturated carbocycles. The third-order valence-electron chi connectivity index (χ3n) is 4.39. The second kappa shape index (κ2) is 7.05. The van der Waals surface area contributed by atoms with E-state index in [-0.39, 0.29) is 0 Å². The van der Waals surface area contributed by atoms with Crippen LogP contribution in [0.2, 0.25) is 0 Å². The maximum absolute atomic E-state index is 3.81. The normalized spacial score (nSPS) is 22.8. The molecule has 0 spiro atoms. The molecular formula is C18H23NS. The van der Waals surface area contributed by atoms with Gasteiger partial charge in [-0.3, -0.25) is 0 Å². The van der Waals surface area contributed by atoms with Crippen molar-refractivity contribution in [3.8, 4) is 0 Å². The van der Waals surface area contributed by atoms with Gasteiger partial charge in [0.1, 0.15) is 0 Å². The van der Waals surface area contributed by atoms with E-state index in [2.05, 4.69) is 52.5 Å². The zero-order chi connectivity index (χ0) is 13.6. The first kappa shape index (κ1) is 13.8. The lowest BCUT2D eigenvalue weighted by Crippen LogP contribution is -2.38. The van der Waals surface area contributed by atoms with Crippen LogP contribution in [0.25, 0.3) is 0 Å². The Morgan fingerprint density at radius 3 is 2.70 bits per heavy atom. The van der Waals surface area contributed by atoms with Crippen LogP contribution in [0.1, 0.15) is 42.7 Å². The molecule has 0 bridgehead atoms. The molecule has 106 valence electrons. The van der Waals surface area contributed by atoms with E-state index in [1.165, 1.54) is 36.8 Å². The molecule has 3 rings (SSSR count). The van der Waals surface area contributed by atoms with Crippen LogP contribution >= 0.6 is 11.3 Å². The zero-order valence-corrected chi connectivity index (χ0v) is 12.7. The quantitative estimate of drug-likeness (QED) is 0.846. The molecule has 2 aromatic rings. The van der Waals surface area contributed by atoms with Crippen LogP contribution in [-0.4, -0.2) is 12.6 Å². The lowest BCUT2D eigenvalue weighted by molar-refractivity contribution is 0.329. The van der Waals surface area contributed by atoms with E-state index in [4.69, 9.17) is 0 Å². The van der Waals surface area contributed by atoms with Crippen molar-refractivity contribution in [2.45, 2.75) is 44.1 Å². The van der Waals surface area contributed by atoms with Gasteiger partial charge >= 0.3 is 0 Å². The second-order valence-corrected chi connectivity index (χ2v) is 6.52. The minimum atomic E-state index is 0.657. The van der Waals surface area contributed by atoms with Crippen molar-refractivity contribution in [1.82, 2.24) is 5.32 Å². The number of hydrogen-bond donors (Lipinski definition) is 1. The van der Waals surface area contributed by atoms with Gasteiger partial charge in [0.05, 0.1) is 0 Å². The Labute approximate surface area is 126 Å². The maximum atomic E-state index is 3.81. The minimum Gasteiger partial charge on any atom is -0.313 e. The van der Waals surface area contributed by atoms with Gasteiger partial charge in [-0.1, -0.05) is 43.2 Å². The Morgan fingerprint density at radius 2 is 1.90 bits per heavy atom. The summed E-state index contributed by atoms with van der Waals surface area (Å²) in [4.78, 5) is 0. The van der Waals surface area contributed by atoms with E-state index >= 15 is 0 Å². The average molecular weight is 285 g/mol. The van der Waals surface area contributed by atoms with Gasteiger partial charge in [-0.15, -0.1) is 0 Å². The summed E-state index contributed by atoms with van der Waals surface area (Å²) in [5.74, 6) is 0.701. The van der Waals surface area contributed by atoms with Gasteiger partial charge in [0.15, 0.2) is 0 Å². The number of thiophene rings is 1. The lowest BCUT2D eigenvalue weighted by atomic mass is 9.80. The Morgan fingerprint density at radius 1 is 1.05 bits per heavy atom. The highest BCUT2D eigenvalue weighted by Crippen LogP contribution is 2.32. The van der Waals surface area contributed by atoms with Gasteiger partial charge < -0.3 is 5.32 Å². The molecule has 1 heterocycles. The molecule has 2 unspecified atom stereocenters. The molecule has 0 aliphatic heterocycles. The van der Waals surface area contributed by atoms with Crippen molar-refractivity contribution >= 4 is 11.3 Å². The maximum Gasteiger partial charge on any atom is 0.0136 e. The van der Waals surface area contributed by atoms with Crippen LogP contribution in [0.4, 0.5) is 0 Å². The fraction of sp³-hybridized carbons (Fsp3) is 0.444. The fourth-order valence-corrected chi connectivity index (χ4v) is 4.01. The smallest absolute Gasteiger partial charge is 0.0136 e. The first-order valence-corrected chi connectivity index (χ1v) is 8.67. The number of rotatable bonds is 5. The summed E-state index contributed by atoms with van der Waals surface area (Å²) < 4.78 is 0. The summed E-state index contributed by atoms with van der Waals surface area (Å²) >= 11 is 1.80. The van der Waals surface area contributed by atoms with Crippen molar-refractivity contribution in [2.24, 2.45) is 0 Å². The highest BCUT2D eigenvalue weighted by atomic mass is 32.1. The van der Waals surface area contributed by atoms with Crippen molar-refractivity contribution in [2.75, 3.05) is 6.54 Å². The molecule has 1 aliphatic rings. The molecule has 0 amide bonds. The summed E-state index contributed by atoms with van der Waals surface area (Å²) in [7, 11) is 0. The molecule has 1 nitrogen and oxygen atoms in total.